The molecule has 1 N–H and O–H groups in total. The number of hydrogen-bond donors (Lipinski definition) is 1. The van der Waals surface area contributed by atoms with Crippen LogP contribution in [0.1, 0.15) is 15.6 Å². The smallest absolute Gasteiger partial charge is 0.123 e. The molecule has 1 atom stereocenters. The molecule has 0 fully saturated rings. The van der Waals surface area contributed by atoms with Crippen LogP contribution in [-0.2, 0) is 6.42 Å². The third kappa shape index (κ3) is 4.30. The number of aromatic nitrogens is 1. The van der Waals surface area contributed by atoms with Crippen molar-refractivity contribution in [3.8, 4) is 0 Å². The van der Waals surface area contributed by atoms with Gasteiger partial charge in [0.15, 0.2) is 0 Å². The van der Waals surface area contributed by atoms with E-state index in [1.807, 2.05) is 19.2 Å². The van der Waals surface area contributed by atoms with E-state index in [1.54, 1.807) is 23.1 Å². The molecule has 0 aliphatic carbocycles. The molecule has 5 heteroatoms. The summed E-state index contributed by atoms with van der Waals surface area (Å²) in [6.07, 6.45) is 0.935. The van der Waals surface area contributed by atoms with Gasteiger partial charge in [-0.15, -0.1) is 23.1 Å². The van der Waals surface area contributed by atoms with Crippen LogP contribution in [0.4, 0.5) is 4.39 Å². The number of thioether (sulfide) groups is 1. The monoisotopic (exact) mass is 310 g/mol. The Morgan fingerprint density at radius 3 is 2.55 bits per heavy atom. The molecule has 0 saturated heterocycles. The number of likely N-dealkylation sites (N-methyl/N-ethyl adjacent to an activating group) is 1. The lowest BCUT2D eigenvalue weighted by Crippen LogP contribution is -2.30. The average Bonchev–Trinajstić information content (AvgIpc) is 2.75. The standard InChI is InChI=1S/C15H19FN2S2/c1-10-11(2)20-15(18-10)8-13(17-3)9-19-14-6-4-12(16)5-7-14/h4-7,13,17H,8-9H2,1-3H3. The van der Waals surface area contributed by atoms with Gasteiger partial charge in [-0.25, -0.2) is 9.37 Å². The average molecular weight is 310 g/mol. The maximum Gasteiger partial charge on any atom is 0.123 e. The molecule has 0 aliphatic rings. The first-order valence-corrected chi connectivity index (χ1v) is 8.37. The zero-order valence-electron chi connectivity index (χ0n) is 11.9. The Bertz CT molecular complexity index is 532. The summed E-state index contributed by atoms with van der Waals surface area (Å²) >= 11 is 3.51. The first-order chi connectivity index (χ1) is 9.58. The topological polar surface area (TPSA) is 24.9 Å². The number of hydrogen-bond acceptors (Lipinski definition) is 4. The molecule has 108 valence electrons. The van der Waals surface area contributed by atoms with Crippen molar-refractivity contribution in [3.05, 3.63) is 45.7 Å². The van der Waals surface area contributed by atoms with Gasteiger partial charge in [0.2, 0.25) is 0 Å². The maximum absolute atomic E-state index is 12.9. The van der Waals surface area contributed by atoms with E-state index in [4.69, 9.17) is 0 Å². The molecule has 1 aromatic heterocycles. The van der Waals surface area contributed by atoms with Gasteiger partial charge in [0.05, 0.1) is 10.7 Å². The highest BCUT2D eigenvalue weighted by Gasteiger charge is 2.12. The number of aryl methyl sites for hydroxylation is 2. The van der Waals surface area contributed by atoms with Crippen molar-refractivity contribution in [1.82, 2.24) is 10.3 Å². The van der Waals surface area contributed by atoms with Crippen molar-refractivity contribution < 1.29 is 4.39 Å². The van der Waals surface area contributed by atoms with E-state index >= 15 is 0 Å². The Morgan fingerprint density at radius 2 is 2.00 bits per heavy atom. The van der Waals surface area contributed by atoms with Crippen LogP contribution in [0.2, 0.25) is 0 Å². The van der Waals surface area contributed by atoms with E-state index < -0.39 is 0 Å². The summed E-state index contributed by atoms with van der Waals surface area (Å²) in [6.45, 7) is 4.16. The van der Waals surface area contributed by atoms with Crippen molar-refractivity contribution in [2.45, 2.75) is 31.2 Å². The second kappa shape index (κ2) is 7.20. The Labute approximate surface area is 127 Å². The molecule has 20 heavy (non-hydrogen) atoms. The van der Waals surface area contributed by atoms with Gasteiger partial charge in [0.1, 0.15) is 5.82 Å². The summed E-state index contributed by atoms with van der Waals surface area (Å²) in [5.41, 5.74) is 1.13. The van der Waals surface area contributed by atoms with Crippen LogP contribution in [0.15, 0.2) is 29.2 Å². The second-order valence-electron chi connectivity index (χ2n) is 4.70. The van der Waals surface area contributed by atoms with E-state index in [1.165, 1.54) is 22.0 Å². The van der Waals surface area contributed by atoms with Crippen LogP contribution in [0, 0.1) is 19.7 Å². The predicted molar refractivity (Wildman–Crippen MR) is 85.3 cm³/mol. The molecule has 0 aliphatic heterocycles. The molecule has 0 spiro atoms. The van der Waals surface area contributed by atoms with Gasteiger partial charge >= 0.3 is 0 Å². The largest absolute Gasteiger partial charge is 0.316 e. The van der Waals surface area contributed by atoms with Crippen LogP contribution in [0.25, 0.3) is 0 Å². The minimum absolute atomic E-state index is 0.187. The Kier molecular flexibility index (Phi) is 5.57. The molecule has 0 amide bonds. The summed E-state index contributed by atoms with van der Waals surface area (Å²) < 4.78 is 12.9. The van der Waals surface area contributed by atoms with Gasteiger partial charge in [0.25, 0.3) is 0 Å². The zero-order valence-corrected chi connectivity index (χ0v) is 13.6. The third-order valence-electron chi connectivity index (χ3n) is 3.17. The summed E-state index contributed by atoms with van der Waals surface area (Å²) in [5, 5.41) is 4.51. The Balaban J connectivity index is 1.90. The van der Waals surface area contributed by atoms with Crippen molar-refractivity contribution >= 4 is 23.1 Å². The summed E-state index contributed by atoms with van der Waals surface area (Å²) in [7, 11) is 1.98. The van der Waals surface area contributed by atoms with E-state index in [2.05, 4.69) is 24.1 Å². The minimum atomic E-state index is -0.187. The Hall–Kier alpha value is -0.910. The maximum atomic E-state index is 12.9. The lowest BCUT2D eigenvalue weighted by Gasteiger charge is -2.14. The number of rotatable bonds is 6. The van der Waals surface area contributed by atoms with Crippen LogP contribution in [0.5, 0.6) is 0 Å². The molecular weight excluding hydrogens is 291 g/mol. The van der Waals surface area contributed by atoms with Crippen LogP contribution < -0.4 is 5.32 Å². The van der Waals surface area contributed by atoms with Gasteiger partial charge in [-0.1, -0.05) is 0 Å². The number of benzene rings is 1. The first kappa shape index (κ1) is 15.5. The predicted octanol–water partition coefficient (Wildman–Crippen LogP) is 3.82. The van der Waals surface area contributed by atoms with Gasteiger partial charge < -0.3 is 5.32 Å². The molecule has 1 unspecified atom stereocenters. The fourth-order valence-electron chi connectivity index (χ4n) is 1.81. The summed E-state index contributed by atoms with van der Waals surface area (Å²) in [5.74, 6) is 0.757. The molecule has 0 saturated carbocycles. The van der Waals surface area contributed by atoms with Crippen LogP contribution >= 0.6 is 23.1 Å². The van der Waals surface area contributed by atoms with Crippen molar-refractivity contribution in [3.63, 3.8) is 0 Å². The van der Waals surface area contributed by atoms with E-state index in [0.717, 1.165) is 22.8 Å². The highest BCUT2D eigenvalue weighted by Crippen LogP contribution is 2.22. The van der Waals surface area contributed by atoms with Crippen LogP contribution in [-0.4, -0.2) is 23.8 Å². The van der Waals surface area contributed by atoms with Gasteiger partial charge in [-0.3, -0.25) is 0 Å². The fraction of sp³-hybridized carbons (Fsp3) is 0.400. The van der Waals surface area contributed by atoms with Crippen molar-refractivity contribution in [2.75, 3.05) is 12.8 Å². The molecule has 1 aromatic carbocycles. The minimum Gasteiger partial charge on any atom is -0.316 e. The highest BCUT2D eigenvalue weighted by atomic mass is 32.2. The molecule has 2 aromatic rings. The summed E-state index contributed by atoms with van der Waals surface area (Å²) in [6, 6.07) is 7.03. The van der Waals surface area contributed by atoms with E-state index in [9.17, 15) is 4.39 Å². The molecule has 2 rings (SSSR count). The summed E-state index contributed by atoms with van der Waals surface area (Å²) in [4.78, 5) is 6.97. The SMILES string of the molecule is CNC(CSc1ccc(F)cc1)Cc1nc(C)c(C)s1. The quantitative estimate of drug-likeness (QED) is 0.821. The Morgan fingerprint density at radius 1 is 1.30 bits per heavy atom. The lowest BCUT2D eigenvalue weighted by atomic mass is 10.2. The third-order valence-corrected chi connectivity index (χ3v) is 5.44. The molecule has 2 nitrogen and oxygen atoms in total. The second-order valence-corrected chi connectivity index (χ2v) is 7.09. The molecule has 1 heterocycles. The van der Waals surface area contributed by atoms with Crippen molar-refractivity contribution in [1.29, 1.82) is 0 Å². The highest BCUT2D eigenvalue weighted by molar-refractivity contribution is 7.99. The number of nitrogens with zero attached hydrogens (tertiary/aromatic N) is 1. The van der Waals surface area contributed by atoms with Gasteiger partial charge in [-0.2, -0.15) is 0 Å². The van der Waals surface area contributed by atoms with E-state index in [-0.39, 0.29) is 5.82 Å². The number of halogens is 1. The molecular formula is C15H19FN2S2. The molecule has 0 radical (unpaired) electrons. The van der Waals surface area contributed by atoms with Gasteiger partial charge in [-0.05, 0) is 45.2 Å². The normalized spacial score (nSPS) is 12.6. The van der Waals surface area contributed by atoms with Crippen molar-refractivity contribution in [2.24, 2.45) is 0 Å². The van der Waals surface area contributed by atoms with Crippen LogP contribution in [0.3, 0.4) is 0 Å². The lowest BCUT2D eigenvalue weighted by molar-refractivity contribution is 0.614. The number of thiazole rings is 1. The van der Waals surface area contributed by atoms with E-state index in [0.29, 0.717) is 6.04 Å². The van der Waals surface area contributed by atoms with Gasteiger partial charge in [0, 0.05) is 28.0 Å². The number of nitrogens with one attached hydrogen (secondary N) is 1. The fourth-order valence-corrected chi connectivity index (χ4v) is 3.83. The first-order valence-electron chi connectivity index (χ1n) is 6.57. The molecule has 0 bridgehead atoms. The zero-order chi connectivity index (χ0) is 14.5.